The molecular formula is C17H23N5O3. The molecule has 1 aliphatic rings. The first-order valence-corrected chi connectivity index (χ1v) is 8.40. The quantitative estimate of drug-likeness (QED) is 0.880. The van der Waals surface area contributed by atoms with Gasteiger partial charge in [-0.2, -0.15) is 5.10 Å². The van der Waals surface area contributed by atoms with Crippen molar-refractivity contribution in [3.05, 3.63) is 35.0 Å². The third-order valence-electron chi connectivity index (χ3n) is 4.81. The van der Waals surface area contributed by atoms with Crippen LogP contribution in [0.2, 0.25) is 0 Å². The van der Waals surface area contributed by atoms with Crippen LogP contribution in [-0.4, -0.2) is 38.2 Å². The Hall–Kier alpha value is -2.64. The fourth-order valence-electron chi connectivity index (χ4n) is 3.39. The maximum absolute atomic E-state index is 12.8. The number of hydrogen-bond donors (Lipinski definition) is 1. The van der Waals surface area contributed by atoms with Gasteiger partial charge in [-0.15, -0.1) is 0 Å². The summed E-state index contributed by atoms with van der Waals surface area (Å²) in [6.45, 7) is 6.52. The molecule has 2 aromatic rings. The maximum atomic E-state index is 12.8. The second-order valence-corrected chi connectivity index (χ2v) is 6.40. The average Bonchev–Trinajstić information content (AvgIpc) is 3.24. The molecule has 1 fully saturated rings. The summed E-state index contributed by atoms with van der Waals surface area (Å²) in [5.41, 5.74) is 2.65. The molecule has 0 radical (unpaired) electrons. The number of rotatable bonds is 5. The Morgan fingerprint density at radius 1 is 1.44 bits per heavy atom. The number of nitrogens with zero attached hydrogens (tertiary/aromatic N) is 4. The van der Waals surface area contributed by atoms with Crippen molar-refractivity contribution in [2.75, 3.05) is 6.54 Å². The number of amides is 2. The molecule has 0 aliphatic carbocycles. The molecular weight excluding hydrogens is 322 g/mol. The van der Waals surface area contributed by atoms with Crippen LogP contribution in [-0.2, 0) is 23.2 Å². The third-order valence-corrected chi connectivity index (χ3v) is 4.81. The zero-order valence-corrected chi connectivity index (χ0v) is 14.9. The van der Waals surface area contributed by atoms with Gasteiger partial charge in [0.1, 0.15) is 0 Å². The van der Waals surface area contributed by atoms with Crippen molar-refractivity contribution in [1.29, 1.82) is 0 Å². The molecule has 0 unspecified atom stereocenters. The Balaban J connectivity index is 1.81. The highest BCUT2D eigenvalue weighted by molar-refractivity contribution is 5.90. The van der Waals surface area contributed by atoms with E-state index in [4.69, 9.17) is 4.52 Å². The van der Waals surface area contributed by atoms with Gasteiger partial charge in [0.15, 0.2) is 5.76 Å². The lowest BCUT2D eigenvalue weighted by Crippen LogP contribution is -2.35. The van der Waals surface area contributed by atoms with Gasteiger partial charge >= 0.3 is 0 Å². The lowest BCUT2D eigenvalue weighted by Gasteiger charge is -2.26. The molecule has 2 atom stereocenters. The van der Waals surface area contributed by atoms with Crippen LogP contribution in [0.1, 0.15) is 42.1 Å². The Labute approximate surface area is 146 Å². The summed E-state index contributed by atoms with van der Waals surface area (Å²) < 4.78 is 6.88. The van der Waals surface area contributed by atoms with Gasteiger partial charge in [0.05, 0.1) is 30.4 Å². The number of carbonyl (C=O) groups is 2. The fourth-order valence-corrected chi connectivity index (χ4v) is 3.39. The van der Waals surface area contributed by atoms with E-state index in [1.165, 1.54) is 0 Å². The highest BCUT2D eigenvalue weighted by Gasteiger charge is 2.44. The Kier molecular flexibility index (Phi) is 4.61. The van der Waals surface area contributed by atoms with Crippen molar-refractivity contribution in [2.24, 2.45) is 13.0 Å². The predicted octanol–water partition coefficient (Wildman–Crippen LogP) is 1.25. The van der Waals surface area contributed by atoms with Crippen LogP contribution in [0.25, 0.3) is 0 Å². The van der Waals surface area contributed by atoms with Crippen LogP contribution in [0, 0.1) is 19.8 Å². The van der Waals surface area contributed by atoms with E-state index in [-0.39, 0.29) is 30.8 Å². The molecule has 1 N–H and O–H groups in total. The van der Waals surface area contributed by atoms with Crippen molar-refractivity contribution >= 4 is 11.8 Å². The van der Waals surface area contributed by atoms with Crippen LogP contribution in [0.5, 0.6) is 0 Å². The second-order valence-electron chi connectivity index (χ2n) is 6.40. The average molecular weight is 345 g/mol. The molecule has 0 spiro atoms. The van der Waals surface area contributed by atoms with Crippen molar-refractivity contribution in [1.82, 2.24) is 25.2 Å². The Bertz CT molecular complexity index is 794. The first-order valence-electron chi connectivity index (χ1n) is 8.40. The number of nitrogens with one attached hydrogen (secondary N) is 1. The number of aromatic nitrogens is 3. The summed E-state index contributed by atoms with van der Waals surface area (Å²) in [6.07, 6.45) is 1.95. The van der Waals surface area contributed by atoms with Gasteiger partial charge in [0.2, 0.25) is 11.8 Å². The van der Waals surface area contributed by atoms with Crippen LogP contribution in [0.4, 0.5) is 0 Å². The summed E-state index contributed by atoms with van der Waals surface area (Å²) in [7, 11) is 1.85. The van der Waals surface area contributed by atoms with Crippen molar-refractivity contribution in [3.8, 4) is 0 Å². The molecule has 134 valence electrons. The van der Waals surface area contributed by atoms with Crippen LogP contribution >= 0.6 is 0 Å². The maximum Gasteiger partial charge on any atom is 0.226 e. The largest absolute Gasteiger partial charge is 0.359 e. The van der Waals surface area contributed by atoms with E-state index in [9.17, 15) is 9.59 Å². The summed E-state index contributed by atoms with van der Waals surface area (Å²) in [5, 5.41) is 10.9. The topological polar surface area (TPSA) is 93.3 Å². The summed E-state index contributed by atoms with van der Waals surface area (Å²) in [5.74, 6) is -0.0194. The molecule has 0 aromatic carbocycles. The zero-order chi connectivity index (χ0) is 18.1. The molecule has 1 aliphatic heterocycles. The van der Waals surface area contributed by atoms with E-state index < -0.39 is 5.92 Å². The molecule has 0 bridgehead atoms. The predicted molar refractivity (Wildman–Crippen MR) is 89.3 cm³/mol. The SMILES string of the molecule is CCN1C(=O)C[C@H](C(=O)NCc2cc(C)no2)[C@H]1c1cnn(C)c1C. The monoisotopic (exact) mass is 345 g/mol. The van der Waals surface area contributed by atoms with Crippen LogP contribution in [0.3, 0.4) is 0 Å². The smallest absolute Gasteiger partial charge is 0.226 e. The minimum atomic E-state index is -0.445. The van der Waals surface area contributed by atoms with Gasteiger partial charge in [-0.1, -0.05) is 5.16 Å². The molecule has 1 saturated heterocycles. The first-order chi connectivity index (χ1) is 11.9. The molecule has 8 nitrogen and oxygen atoms in total. The van der Waals surface area contributed by atoms with Gasteiger partial charge in [-0.05, 0) is 20.8 Å². The van der Waals surface area contributed by atoms with Crippen LogP contribution in [0.15, 0.2) is 16.8 Å². The normalized spacial score (nSPS) is 20.3. The van der Waals surface area contributed by atoms with E-state index in [1.807, 2.05) is 27.8 Å². The number of likely N-dealkylation sites (tertiary alicyclic amines) is 1. The Morgan fingerprint density at radius 3 is 2.76 bits per heavy atom. The minimum Gasteiger partial charge on any atom is -0.359 e. The zero-order valence-electron chi connectivity index (χ0n) is 14.9. The van der Waals surface area contributed by atoms with E-state index in [1.54, 1.807) is 21.8 Å². The van der Waals surface area contributed by atoms with Gasteiger partial charge in [-0.3, -0.25) is 14.3 Å². The Morgan fingerprint density at radius 2 is 2.20 bits per heavy atom. The lowest BCUT2D eigenvalue weighted by molar-refractivity contribution is -0.129. The standard InChI is InChI=1S/C17H23N5O3/c1-5-22-15(23)7-13(16(22)14-9-19-21(4)11(14)3)17(24)18-8-12-6-10(2)20-25-12/h6,9,13,16H,5,7-8H2,1-4H3,(H,18,24)/t13-,16-/m0/s1. The molecule has 2 aromatic heterocycles. The van der Waals surface area contributed by atoms with Crippen molar-refractivity contribution < 1.29 is 14.1 Å². The van der Waals surface area contributed by atoms with Gasteiger partial charge in [0.25, 0.3) is 0 Å². The molecule has 0 saturated carbocycles. The van der Waals surface area contributed by atoms with Crippen LogP contribution < -0.4 is 5.32 Å². The number of aryl methyl sites for hydroxylation is 2. The number of hydrogen-bond acceptors (Lipinski definition) is 5. The molecule has 3 heterocycles. The van der Waals surface area contributed by atoms with Crippen molar-refractivity contribution in [2.45, 2.75) is 39.8 Å². The molecule has 2 amide bonds. The number of carbonyl (C=O) groups excluding carboxylic acids is 2. The summed E-state index contributed by atoms with van der Waals surface area (Å²) in [4.78, 5) is 26.9. The molecule has 3 rings (SSSR count). The summed E-state index contributed by atoms with van der Waals surface area (Å²) in [6, 6.07) is 1.49. The summed E-state index contributed by atoms with van der Waals surface area (Å²) >= 11 is 0. The van der Waals surface area contributed by atoms with Gasteiger partial charge in [0, 0.05) is 37.3 Å². The first kappa shape index (κ1) is 17.2. The van der Waals surface area contributed by atoms with Crippen molar-refractivity contribution in [3.63, 3.8) is 0 Å². The fraction of sp³-hybridized carbons (Fsp3) is 0.529. The third kappa shape index (κ3) is 3.16. The minimum absolute atomic E-state index is 0.00795. The van der Waals surface area contributed by atoms with Gasteiger partial charge in [-0.25, -0.2) is 0 Å². The lowest BCUT2D eigenvalue weighted by atomic mass is 9.93. The van der Waals surface area contributed by atoms with E-state index in [2.05, 4.69) is 15.6 Å². The molecule has 8 heteroatoms. The second kappa shape index (κ2) is 6.70. The van der Waals surface area contributed by atoms with E-state index in [0.29, 0.717) is 12.3 Å². The van der Waals surface area contributed by atoms with E-state index in [0.717, 1.165) is 17.0 Å². The highest BCUT2D eigenvalue weighted by Crippen LogP contribution is 2.39. The van der Waals surface area contributed by atoms with Gasteiger partial charge < -0.3 is 14.7 Å². The van der Waals surface area contributed by atoms with E-state index >= 15 is 0 Å². The highest BCUT2D eigenvalue weighted by atomic mass is 16.5. The molecule has 25 heavy (non-hydrogen) atoms.